The number of pyridine rings is 1. The molecule has 1 N–H and O–H groups in total. The summed E-state index contributed by atoms with van der Waals surface area (Å²) in [5, 5.41) is 14.0. The number of allylic oxidation sites excluding steroid dienone is 1. The third kappa shape index (κ3) is 5.10. The van der Waals surface area contributed by atoms with E-state index in [1.54, 1.807) is 43.5 Å². The number of nitrogens with one attached hydrogen (secondary N) is 1. The van der Waals surface area contributed by atoms with Crippen molar-refractivity contribution in [2.24, 2.45) is 10.9 Å². The van der Waals surface area contributed by atoms with Crippen LogP contribution < -0.4 is 10.9 Å². The molecular formula is C31H25ClF3N7O3. The quantitative estimate of drug-likeness (QED) is 0.247. The van der Waals surface area contributed by atoms with Crippen LogP contribution >= 0.6 is 11.6 Å². The van der Waals surface area contributed by atoms with E-state index >= 15 is 8.78 Å². The van der Waals surface area contributed by atoms with Gasteiger partial charge >= 0.3 is 6.09 Å². The SMILES string of the molecule is CC(C)(C)OC(=O)Nc1ccc(C2=C(F)N=C([C@@H]3[C@H]4C[C@H]4c4cc(-c5cc(Cl)ccc5-n5cnnn5)cc(=O)n43)C2)c(F)c1F. The van der Waals surface area contributed by atoms with Crippen LogP contribution in [0.3, 0.4) is 0 Å². The summed E-state index contributed by atoms with van der Waals surface area (Å²) in [7, 11) is 0. The fourth-order valence-electron chi connectivity index (χ4n) is 6.20. The number of ether oxygens (including phenoxy) is 1. The topological polar surface area (TPSA) is 116 Å². The van der Waals surface area contributed by atoms with Crippen LogP contribution in [-0.2, 0) is 4.74 Å². The number of hydrogen-bond donors (Lipinski definition) is 1. The number of aromatic nitrogens is 5. The maximum atomic E-state index is 15.3. The average molecular weight is 636 g/mol. The molecule has 10 nitrogen and oxygen atoms in total. The molecule has 0 saturated heterocycles. The van der Waals surface area contributed by atoms with Crippen molar-refractivity contribution in [3.8, 4) is 16.8 Å². The predicted molar refractivity (Wildman–Crippen MR) is 160 cm³/mol. The van der Waals surface area contributed by atoms with Crippen molar-refractivity contribution in [3.05, 3.63) is 93.0 Å². The molecular weight excluding hydrogens is 611 g/mol. The fourth-order valence-corrected chi connectivity index (χ4v) is 6.37. The third-order valence-electron chi connectivity index (χ3n) is 8.10. The highest BCUT2D eigenvalue weighted by molar-refractivity contribution is 6.31. The normalized spacial score (nSPS) is 20.2. The molecule has 0 bridgehead atoms. The Hall–Kier alpha value is -4.78. The summed E-state index contributed by atoms with van der Waals surface area (Å²) >= 11 is 6.31. The lowest BCUT2D eigenvalue weighted by Crippen LogP contribution is -2.29. The first kappa shape index (κ1) is 29.0. The van der Waals surface area contributed by atoms with Crippen LogP contribution in [0.4, 0.5) is 23.7 Å². The molecule has 0 unspecified atom stereocenters. The number of benzene rings is 2. The van der Waals surface area contributed by atoms with Gasteiger partial charge in [0.1, 0.15) is 11.9 Å². The number of anilines is 1. The van der Waals surface area contributed by atoms with E-state index in [9.17, 15) is 14.0 Å². The van der Waals surface area contributed by atoms with Gasteiger partial charge in [0.25, 0.3) is 5.56 Å². The molecule has 0 spiro atoms. The zero-order valence-electron chi connectivity index (χ0n) is 24.2. The largest absolute Gasteiger partial charge is 0.444 e. The Balaban J connectivity index is 1.17. The molecule has 2 aromatic heterocycles. The van der Waals surface area contributed by atoms with Crippen molar-refractivity contribution in [1.29, 1.82) is 0 Å². The van der Waals surface area contributed by atoms with Gasteiger partial charge in [-0.3, -0.25) is 10.1 Å². The van der Waals surface area contributed by atoms with Gasteiger partial charge in [0.05, 0.1) is 17.4 Å². The molecule has 4 heterocycles. The predicted octanol–water partition coefficient (Wildman–Crippen LogP) is 6.61. The molecule has 1 fully saturated rings. The lowest BCUT2D eigenvalue weighted by atomic mass is 9.97. The molecule has 2 aliphatic heterocycles. The number of hydrogen-bond acceptors (Lipinski definition) is 7. The molecule has 230 valence electrons. The van der Waals surface area contributed by atoms with Gasteiger partial charge in [-0.15, -0.1) is 5.10 Å². The number of aliphatic imine (C=N–C) groups is 1. The van der Waals surface area contributed by atoms with E-state index in [0.29, 0.717) is 27.5 Å². The Kier molecular flexibility index (Phi) is 6.69. The van der Waals surface area contributed by atoms with Crippen LogP contribution in [0.15, 0.2) is 64.5 Å². The van der Waals surface area contributed by atoms with Crippen LogP contribution in [0.25, 0.3) is 22.4 Å². The van der Waals surface area contributed by atoms with E-state index in [4.69, 9.17) is 16.3 Å². The van der Waals surface area contributed by atoms with Crippen LogP contribution in [-0.4, -0.2) is 42.2 Å². The van der Waals surface area contributed by atoms with Gasteiger partial charge in [-0.1, -0.05) is 11.6 Å². The molecule has 3 atom stereocenters. The summed E-state index contributed by atoms with van der Waals surface area (Å²) in [6.45, 7) is 4.90. The number of carbonyl (C=O) groups is 1. The third-order valence-corrected chi connectivity index (χ3v) is 8.34. The number of nitrogens with zero attached hydrogens (tertiary/aromatic N) is 6. The molecule has 2 aromatic carbocycles. The number of tetrazole rings is 1. The highest BCUT2D eigenvalue weighted by Gasteiger charge is 2.55. The summed E-state index contributed by atoms with van der Waals surface area (Å²) in [6.07, 6.45) is 1.14. The van der Waals surface area contributed by atoms with Gasteiger partial charge in [-0.05, 0) is 85.5 Å². The lowest BCUT2D eigenvalue weighted by Gasteiger charge is -2.20. The second-order valence-corrected chi connectivity index (χ2v) is 12.6. The van der Waals surface area contributed by atoms with E-state index in [1.807, 2.05) is 6.07 Å². The molecule has 4 aromatic rings. The van der Waals surface area contributed by atoms with Crippen molar-refractivity contribution >= 4 is 34.7 Å². The first-order chi connectivity index (χ1) is 21.4. The van der Waals surface area contributed by atoms with Gasteiger partial charge < -0.3 is 9.30 Å². The van der Waals surface area contributed by atoms with E-state index in [2.05, 4.69) is 25.8 Å². The molecule has 7 rings (SSSR count). The molecule has 1 saturated carbocycles. The van der Waals surface area contributed by atoms with Crippen LogP contribution in [0.2, 0.25) is 5.02 Å². The van der Waals surface area contributed by atoms with Gasteiger partial charge in [0, 0.05) is 51.5 Å². The molecule has 3 aliphatic rings. The minimum absolute atomic E-state index is 0.0131. The molecule has 1 aliphatic carbocycles. The van der Waals surface area contributed by atoms with Crippen LogP contribution in [0.1, 0.15) is 56.8 Å². The Labute approximate surface area is 259 Å². The summed E-state index contributed by atoms with van der Waals surface area (Å²) in [5.41, 5.74) is 1.00. The Morgan fingerprint density at radius 1 is 1.07 bits per heavy atom. The minimum atomic E-state index is -1.36. The van der Waals surface area contributed by atoms with Crippen molar-refractivity contribution in [3.63, 3.8) is 0 Å². The van der Waals surface area contributed by atoms with Gasteiger partial charge in [0.2, 0.25) is 5.95 Å². The maximum absolute atomic E-state index is 15.3. The van der Waals surface area contributed by atoms with Crippen molar-refractivity contribution in [1.82, 2.24) is 24.8 Å². The van der Waals surface area contributed by atoms with E-state index in [0.717, 1.165) is 18.2 Å². The zero-order valence-corrected chi connectivity index (χ0v) is 24.9. The summed E-state index contributed by atoms with van der Waals surface area (Å²) in [6, 6.07) is 10.4. The van der Waals surface area contributed by atoms with Gasteiger partial charge in [0.15, 0.2) is 11.6 Å². The number of fused-ring (bicyclic) bond motifs is 3. The highest BCUT2D eigenvalue weighted by Crippen LogP contribution is 2.60. The van der Waals surface area contributed by atoms with E-state index < -0.39 is 41.0 Å². The first-order valence-electron chi connectivity index (χ1n) is 14.1. The number of rotatable bonds is 5. The monoisotopic (exact) mass is 635 g/mol. The summed E-state index contributed by atoms with van der Waals surface area (Å²) in [5.74, 6) is -3.56. The van der Waals surface area contributed by atoms with Crippen LogP contribution in [0, 0.1) is 17.6 Å². The van der Waals surface area contributed by atoms with Crippen LogP contribution in [0.5, 0.6) is 0 Å². The second-order valence-electron chi connectivity index (χ2n) is 12.2. The van der Waals surface area contributed by atoms with E-state index in [1.165, 1.54) is 23.1 Å². The average Bonchev–Trinajstić information content (AvgIpc) is 3.26. The molecule has 14 heteroatoms. The Morgan fingerprint density at radius 3 is 2.60 bits per heavy atom. The lowest BCUT2D eigenvalue weighted by molar-refractivity contribution is 0.0635. The molecule has 45 heavy (non-hydrogen) atoms. The van der Waals surface area contributed by atoms with Crippen molar-refractivity contribution < 1.29 is 22.7 Å². The number of halogens is 4. The second kappa shape index (κ2) is 10.4. The highest BCUT2D eigenvalue weighted by atomic mass is 35.5. The van der Waals surface area contributed by atoms with Gasteiger partial charge in [-0.25, -0.2) is 18.6 Å². The van der Waals surface area contributed by atoms with Gasteiger partial charge in [-0.2, -0.15) is 9.07 Å². The molecule has 0 radical (unpaired) electrons. The summed E-state index contributed by atoms with van der Waals surface area (Å²) in [4.78, 5) is 29.8. The minimum Gasteiger partial charge on any atom is -0.444 e. The number of amides is 1. The van der Waals surface area contributed by atoms with Crippen molar-refractivity contribution in [2.45, 2.75) is 51.2 Å². The van der Waals surface area contributed by atoms with E-state index in [-0.39, 0.29) is 35.0 Å². The Morgan fingerprint density at radius 2 is 1.87 bits per heavy atom. The summed E-state index contributed by atoms with van der Waals surface area (Å²) < 4.78 is 53.7. The smallest absolute Gasteiger partial charge is 0.412 e. The molecule has 1 amide bonds. The van der Waals surface area contributed by atoms with Crippen molar-refractivity contribution in [2.75, 3.05) is 5.32 Å². The first-order valence-corrected chi connectivity index (χ1v) is 14.5. The Bertz CT molecular complexity index is 2020. The maximum Gasteiger partial charge on any atom is 0.412 e. The standard InChI is InChI=1S/C31H25ClF3N7O3/c1-31(2,3)45-30(44)38-21-6-5-16(26(33)27(21)34)20-12-22(37-29(20)35)28-19-11-18(19)24-8-14(9-25(43)42(24)28)17-10-15(32)4-7-23(17)41-13-36-39-40-41/h4-10,13,18-19,28H,11-12H2,1-3H3,(H,38,44)/t18-,19+,28+/m1/s1. The fraction of sp³-hybridized carbons (Fsp3) is 0.290. The zero-order chi connectivity index (χ0) is 31.8. The number of carbonyl (C=O) groups excluding carboxylic acids is 1.